The highest BCUT2D eigenvalue weighted by atomic mass is 16.3. The molecule has 2 aromatic carbocycles. The van der Waals surface area contributed by atoms with Crippen molar-refractivity contribution in [3.63, 3.8) is 0 Å². The van der Waals surface area contributed by atoms with Gasteiger partial charge in [0.15, 0.2) is 0 Å². The van der Waals surface area contributed by atoms with E-state index in [4.69, 9.17) is 0 Å². The van der Waals surface area contributed by atoms with Crippen LogP contribution >= 0.6 is 0 Å². The summed E-state index contributed by atoms with van der Waals surface area (Å²) in [6.45, 7) is 2.14. The largest absolute Gasteiger partial charge is 0.508 e. The van der Waals surface area contributed by atoms with Crippen LogP contribution in [0.25, 0.3) is 0 Å². The fourth-order valence-corrected chi connectivity index (χ4v) is 2.63. The number of rotatable bonds is 2. The van der Waals surface area contributed by atoms with Crippen molar-refractivity contribution in [3.05, 3.63) is 59.2 Å². The highest BCUT2D eigenvalue weighted by molar-refractivity contribution is 5.50. The van der Waals surface area contributed by atoms with E-state index in [9.17, 15) is 5.11 Å². The number of hydrogen-bond donors (Lipinski definition) is 2. The lowest BCUT2D eigenvalue weighted by Gasteiger charge is -2.16. The summed E-state index contributed by atoms with van der Waals surface area (Å²) in [5.41, 5.74) is 5.25. The molecule has 92 valence electrons. The first-order valence-electron chi connectivity index (χ1n) is 6.37. The van der Waals surface area contributed by atoms with E-state index >= 15 is 0 Å². The topological polar surface area (TPSA) is 32.3 Å². The van der Waals surface area contributed by atoms with Crippen LogP contribution in [0.4, 0.5) is 5.69 Å². The molecule has 0 aliphatic heterocycles. The molecule has 1 unspecified atom stereocenters. The van der Waals surface area contributed by atoms with Gasteiger partial charge in [0.05, 0.1) is 6.04 Å². The molecule has 18 heavy (non-hydrogen) atoms. The van der Waals surface area contributed by atoms with E-state index in [-0.39, 0.29) is 0 Å². The van der Waals surface area contributed by atoms with Crippen molar-refractivity contribution in [2.75, 3.05) is 5.32 Å². The number of phenolic OH excluding ortho intramolecular Hbond substituents is 1. The third-order valence-electron chi connectivity index (χ3n) is 3.59. The van der Waals surface area contributed by atoms with Crippen molar-refractivity contribution >= 4 is 5.69 Å². The molecule has 2 nitrogen and oxygen atoms in total. The van der Waals surface area contributed by atoms with Gasteiger partial charge in [-0.25, -0.2) is 0 Å². The average molecular weight is 239 g/mol. The van der Waals surface area contributed by atoms with Gasteiger partial charge in [-0.1, -0.05) is 23.8 Å². The molecule has 0 aromatic heterocycles. The summed E-state index contributed by atoms with van der Waals surface area (Å²) >= 11 is 0. The fraction of sp³-hybridized carbons (Fsp3) is 0.250. The van der Waals surface area contributed by atoms with Gasteiger partial charge in [-0.3, -0.25) is 0 Å². The quantitative estimate of drug-likeness (QED) is 0.781. The summed E-state index contributed by atoms with van der Waals surface area (Å²) in [6.07, 6.45) is 2.28. The Balaban J connectivity index is 1.84. The van der Waals surface area contributed by atoms with E-state index in [2.05, 4.69) is 30.4 Å². The number of phenols is 1. The van der Waals surface area contributed by atoms with Crippen molar-refractivity contribution in [2.45, 2.75) is 25.8 Å². The van der Waals surface area contributed by atoms with Crippen LogP contribution in [0.15, 0.2) is 42.5 Å². The first-order chi connectivity index (χ1) is 8.72. The highest BCUT2D eigenvalue weighted by Gasteiger charge is 2.21. The van der Waals surface area contributed by atoms with Crippen LogP contribution < -0.4 is 5.32 Å². The van der Waals surface area contributed by atoms with Gasteiger partial charge in [-0.15, -0.1) is 0 Å². The van der Waals surface area contributed by atoms with Crippen molar-refractivity contribution in [1.29, 1.82) is 0 Å². The maximum Gasteiger partial charge on any atom is 0.115 e. The molecule has 0 heterocycles. The van der Waals surface area contributed by atoms with Gasteiger partial charge in [0.2, 0.25) is 0 Å². The molecule has 2 N–H and O–H groups in total. The Morgan fingerprint density at radius 2 is 1.89 bits per heavy atom. The maximum absolute atomic E-state index is 9.28. The standard InChI is InChI=1S/C16H17NO/c1-11-2-3-12-4-9-16(15(12)10-11)17-13-5-7-14(18)8-6-13/h2-3,5-8,10,16-18H,4,9H2,1H3. The fourth-order valence-electron chi connectivity index (χ4n) is 2.63. The molecule has 0 saturated carbocycles. The second-order valence-corrected chi connectivity index (χ2v) is 4.98. The summed E-state index contributed by atoms with van der Waals surface area (Å²) in [5.74, 6) is 0.309. The average Bonchev–Trinajstić information content (AvgIpc) is 2.75. The van der Waals surface area contributed by atoms with E-state index in [1.165, 1.54) is 16.7 Å². The minimum Gasteiger partial charge on any atom is -0.508 e. The van der Waals surface area contributed by atoms with Crippen molar-refractivity contribution < 1.29 is 5.11 Å². The van der Waals surface area contributed by atoms with Crippen LogP contribution in [0.3, 0.4) is 0 Å². The minimum atomic E-state index is 0.309. The Kier molecular flexibility index (Phi) is 2.71. The number of hydrogen-bond acceptors (Lipinski definition) is 2. The zero-order valence-corrected chi connectivity index (χ0v) is 10.5. The summed E-state index contributed by atoms with van der Waals surface area (Å²) in [6, 6.07) is 14.4. The second-order valence-electron chi connectivity index (χ2n) is 4.98. The van der Waals surface area contributed by atoms with E-state index in [0.29, 0.717) is 11.8 Å². The Hall–Kier alpha value is -1.96. The molecule has 1 aliphatic carbocycles. The summed E-state index contributed by atoms with van der Waals surface area (Å²) in [4.78, 5) is 0. The monoisotopic (exact) mass is 239 g/mol. The first-order valence-corrected chi connectivity index (χ1v) is 6.37. The molecule has 1 aliphatic rings. The Bertz CT molecular complexity index is 560. The molecular formula is C16H17NO. The van der Waals surface area contributed by atoms with E-state index < -0.39 is 0 Å². The molecular weight excluding hydrogens is 222 g/mol. The normalized spacial score (nSPS) is 17.5. The van der Waals surface area contributed by atoms with Gasteiger partial charge < -0.3 is 10.4 Å². The van der Waals surface area contributed by atoms with Crippen molar-refractivity contribution in [1.82, 2.24) is 0 Å². The van der Waals surface area contributed by atoms with Gasteiger partial charge >= 0.3 is 0 Å². The molecule has 0 bridgehead atoms. The predicted octanol–water partition coefficient (Wildman–Crippen LogP) is 3.80. The Morgan fingerprint density at radius 3 is 2.67 bits per heavy atom. The number of fused-ring (bicyclic) bond motifs is 1. The van der Waals surface area contributed by atoms with Gasteiger partial charge in [0.25, 0.3) is 0 Å². The second kappa shape index (κ2) is 4.37. The SMILES string of the molecule is Cc1ccc2c(c1)C(Nc1ccc(O)cc1)CC2. The number of anilines is 1. The zero-order valence-electron chi connectivity index (χ0n) is 10.5. The van der Waals surface area contributed by atoms with Crippen LogP contribution in [0.5, 0.6) is 5.75 Å². The van der Waals surface area contributed by atoms with E-state index in [1.807, 2.05) is 12.1 Å². The van der Waals surface area contributed by atoms with Crippen LogP contribution in [0, 0.1) is 6.92 Å². The third kappa shape index (κ3) is 2.06. The van der Waals surface area contributed by atoms with Gasteiger partial charge in [0.1, 0.15) is 5.75 Å². The van der Waals surface area contributed by atoms with Gasteiger partial charge in [-0.2, -0.15) is 0 Å². The molecule has 0 amide bonds. The summed E-state index contributed by atoms with van der Waals surface area (Å²) in [5, 5.41) is 12.8. The summed E-state index contributed by atoms with van der Waals surface area (Å²) in [7, 11) is 0. The van der Waals surface area contributed by atoms with Crippen molar-refractivity contribution in [2.24, 2.45) is 0 Å². The number of nitrogens with one attached hydrogen (secondary N) is 1. The molecule has 0 saturated heterocycles. The Labute approximate surface area is 107 Å². The highest BCUT2D eigenvalue weighted by Crippen LogP contribution is 2.34. The molecule has 0 fully saturated rings. The first kappa shape index (κ1) is 11.1. The van der Waals surface area contributed by atoms with Crippen LogP contribution in [-0.4, -0.2) is 5.11 Å². The lowest BCUT2D eigenvalue weighted by atomic mass is 10.0. The van der Waals surface area contributed by atoms with Crippen LogP contribution in [0.2, 0.25) is 0 Å². The lowest BCUT2D eigenvalue weighted by molar-refractivity contribution is 0.475. The number of benzene rings is 2. The smallest absolute Gasteiger partial charge is 0.115 e. The predicted molar refractivity (Wildman–Crippen MR) is 74.0 cm³/mol. The van der Waals surface area contributed by atoms with Crippen molar-refractivity contribution in [3.8, 4) is 5.75 Å². The van der Waals surface area contributed by atoms with Crippen LogP contribution in [-0.2, 0) is 6.42 Å². The molecule has 2 heteroatoms. The van der Waals surface area contributed by atoms with E-state index in [0.717, 1.165) is 18.5 Å². The minimum absolute atomic E-state index is 0.309. The van der Waals surface area contributed by atoms with E-state index in [1.54, 1.807) is 12.1 Å². The van der Waals surface area contributed by atoms with Gasteiger partial charge in [-0.05, 0) is 55.2 Å². The third-order valence-corrected chi connectivity index (χ3v) is 3.59. The molecule has 1 atom stereocenters. The van der Waals surface area contributed by atoms with Crippen LogP contribution in [0.1, 0.15) is 29.2 Å². The molecule has 0 spiro atoms. The lowest BCUT2D eigenvalue weighted by Crippen LogP contribution is -2.06. The molecule has 2 aromatic rings. The van der Waals surface area contributed by atoms with Gasteiger partial charge in [0, 0.05) is 5.69 Å². The number of aromatic hydroxyl groups is 1. The maximum atomic E-state index is 9.28. The Morgan fingerprint density at radius 1 is 1.11 bits per heavy atom. The zero-order chi connectivity index (χ0) is 12.5. The summed E-state index contributed by atoms with van der Waals surface area (Å²) < 4.78 is 0. The molecule has 3 rings (SSSR count). The number of aryl methyl sites for hydroxylation is 2. The molecule has 0 radical (unpaired) electrons.